The standard InChI is InChI=1S/C23H21ClN2O4/c1-28-19-10-11-21(22(13-19)29-2)23(27)26-25-14-17-4-3-5-20(12-17)30-15-16-6-8-18(24)9-7-16/h3-14H,15H2,1-2H3,(H,26,27). The largest absolute Gasteiger partial charge is 0.497 e. The van der Waals surface area contributed by atoms with Crippen LogP contribution in [0.15, 0.2) is 71.8 Å². The number of nitrogens with one attached hydrogen (secondary N) is 1. The molecule has 0 saturated heterocycles. The minimum Gasteiger partial charge on any atom is -0.497 e. The van der Waals surface area contributed by atoms with Crippen LogP contribution in [0.25, 0.3) is 0 Å². The second-order valence-corrected chi connectivity index (χ2v) is 6.69. The number of halogens is 1. The third-order valence-corrected chi connectivity index (χ3v) is 4.46. The molecule has 7 heteroatoms. The highest BCUT2D eigenvalue weighted by molar-refractivity contribution is 6.30. The summed E-state index contributed by atoms with van der Waals surface area (Å²) in [5.41, 5.74) is 4.65. The third kappa shape index (κ3) is 5.75. The van der Waals surface area contributed by atoms with Crippen molar-refractivity contribution in [3.05, 3.63) is 88.4 Å². The first-order valence-corrected chi connectivity index (χ1v) is 9.49. The molecule has 0 heterocycles. The van der Waals surface area contributed by atoms with E-state index in [-0.39, 0.29) is 5.91 Å². The van der Waals surface area contributed by atoms with Crippen molar-refractivity contribution in [2.24, 2.45) is 5.10 Å². The van der Waals surface area contributed by atoms with Crippen molar-refractivity contribution >= 4 is 23.7 Å². The average Bonchev–Trinajstić information content (AvgIpc) is 2.78. The summed E-state index contributed by atoms with van der Waals surface area (Å²) in [5, 5.41) is 4.71. The Morgan fingerprint density at radius 3 is 2.53 bits per heavy atom. The molecular formula is C23H21ClN2O4. The van der Waals surface area contributed by atoms with Gasteiger partial charge in [-0.05, 0) is 47.5 Å². The van der Waals surface area contributed by atoms with E-state index in [1.807, 2.05) is 48.5 Å². The van der Waals surface area contributed by atoms with E-state index in [1.54, 1.807) is 31.5 Å². The molecule has 0 fully saturated rings. The number of hydrogen-bond donors (Lipinski definition) is 1. The Kier molecular flexibility index (Phi) is 7.29. The molecule has 0 atom stereocenters. The van der Waals surface area contributed by atoms with E-state index in [0.29, 0.717) is 34.4 Å². The highest BCUT2D eigenvalue weighted by Crippen LogP contribution is 2.24. The molecule has 3 aromatic rings. The number of carbonyl (C=O) groups is 1. The van der Waals surface area contributed by atoms with Crippen molar-refractivity contribution in [2.75, 3.05) is 14.2 Å². The number of carbonyl (C=O) groups excluding carboxylic acids is 1. The molecular weight excluding hydrogens is 404 g/mol. The lowest BCUT2D eigenvalue weighted by Gasteiger charge is -2.09. The molecule has 0 bridgehead atoms. The van der Waals surface area contributed by atoms with Crippen LogP contribution in [0.5, 0.6) is 17.2 Å². The maximum atomic E-state index is 12.4. The minimum atomic E-state index is -0.388. The van der Waals surface area contributed by atoms with E-state index in [4.69, 9.17) is 25.8 Å². The van der Waals surface area contributed by atoms with E-state index in [1.165, 1.54) is 7.11 Å². The van der Waals surface area contributed by atoms with Crippen molar-refractivity contribution in [2.45, 2.75) is 6.61 Å². The predicted octanol–water partition coefficient (Wildman–Crippen LogP) is 4.70. The fourth-order valence-corrected chi connectivity index (χ4v) is 2.77. The molecule has 3 rings (SSSR count). The van der Waals surface area contributed by atoms with Gasteiger partial charge in [0.1, 0.15) is 23.9 Å². The van der Waals surface area contributed by atoms with E-state index in [0.717, 1.165) is 11.1 Å². The van der Waals surface area contributed by atoms with Gasteiger partial charge in [-0.2, -0.15) is 5.10 Å². The lowest BCUT2D eigenvalue weighted by Crippen LogP contribution is -2.18. The van der Waals surface area contributed by atoms with E-state index >= 15 is 0 Å². The number of ether oxygens (including phenoxy) is 3. The first kappa shape index (κ1) is 21.2. The van der Waals surface area contributed by atoms with Gasteiger partial charge in [-0.1, -0.05) is 35.9 Å². The number of amides is 1. The minimum absolute atomic E-state index is 0.357. The van der Waals surface area contributed by atoms with Gasteiger partial charge in [0.2, 0.25) is 0 Å². The van der Waals surface area contributed by atoms with Crippen LogP contribution in [-0.2, 0) is 6.61 Å². The second-order valence-electron chi connectivity index (χ2n) is 6.25. The Bertz CT molecular complexity index is 1040. The van der Waals surface area contributed by atoms with Gasteiger partial charge in [0.05, 0.1) is 26.0 Å². The fraction of sp³-hybridized carbons (Fsp3) is 0.130. The molecule has 1 amide bonds. The van der Waals surface area contributed by atoms with Gasteiger partial charge in [-0.15, -0.1) is 0 Å². The Hall–Kier alpha value is -3.51. The van der Waals surface area contributed by atoms with Crippen molar-refractivity contribution in [1.82, 2.24) is 5.43 Å². The van der Waals surface area contributed by atoms with Crippen LogP contribution in [0.1, 0.15) is 21.5 Å². The van der Waals surface area contributed by atoms with Crippen LogP contribution in [0.3, 0.4) is 0 Å². The molecule has 6 nitrogen and oxygen atoms in total. The van der Waals surface area contributed by atoms with Crippen LogP contribution in [0.2, 0.25) is 5.02 Å². The quantitative estimate of drug-likeness (QED) is 0.420. The Morgan fingerprint density at radius 1 is 1.00 bits per heavy atom. The summed E-state index contributed by atoms with van der Waals surface area (Å²) in [7, 11) is 3.04. The molecule has 30 heavy (non-hydrogen) atoms. The summed E-state index contributed by atoms with van der Waals surface area (Å²) in [5.74, 6) is 1.31. The maximum absolute atomic E-state index is 12.4. The second kappa shape index (κ2) is 10.3. The smallest absolute Gasteiger partial charge is 0.275 e. The van der Waals surface area contributed by atoms with Crippen LogP contribution in [-0.4, -0.2) is 26.3 Å². The predicted molar refractivity (Wildman–Crippen MR) is 117 cm³/mol. The van der Waals surface area contributed by atoms with Gasteiger partial charge in [0.25, 0.3) is 5.91 Å². The molecule has 0 aliphatic heterocycles. The zero-order chi connectivity index (χ0) is 21.3. The zero-order valence-corrected chi connectivity index (χ0v) is 17.3. The topological polar surface area (TPSA) is 69.2 Å². The highest BCUT2D eigenvalue weighted by Gasteiger charge is 2.12. The van der Waals surface area contributed by atoms with Crippen molar-refractivity contribution < 1.29 is 19.0 Å². The van der Waals surface area contributed by atoms with Crippen LogP contribution in [0, 0.1) is 0 Å². The number of nitrogens with zero attached hydrogens (tertiary/aromatic N) is 1. The lowest BCUT2D eigenvalue weighted by molar-refractivity contribution is 0.0952. The van der Waals surface area contributed by atoms with Gasteiger partial charge < -0.3 is 14.2 Å². The first-order valence-electron chi connectivity index (χ1n) is 9.12. The number of rotatable bonds is 8. The summed E-state index contributed by atoms with van der Waals surface area (Å²) in [4.78, 5) is 12.4. The first-order chi connectivity index (χ1) is 14.6. The molecule has 0 unspecified atom stereocenters. The number of hydrogen-bond acceptors (Lipinski definition) is 5. The van der Waals surface area contributed by atoms with Gasteiger partial charge in [0, 0.05) is 11.1 Å². The maximum Gasteiger partial charge on any atom is 0.275 e. The summed E-state index contributed by atoms with van der Waals surface area (Å²) in [6.45, 7) is 0.422. The Morgan fingerprint density at radius 2 is 1.80 bits per heavy atom. The molecule has 1 N–H and O–H groups in total. The van der Waals surface area contributed by atoms with Gasteiger partial charge >= 0.3 is 0 Å². The van der Waals surface area contributed by atoms with Crippen molar-refractivity contribution in [3.63, 3.8) is 0 Å². The van der Waals surface area contributed by atoms with E-state index in [2.05, 4.69) is 10.5 Å². The average molecular weight is 425 g/mol. The normalized spacial score (nSPS) is 10.6. The van der Waals surface area contributed by atoms with Gasteiger partial charge in [-0.25, -0.2) is 5.43 Å². The van der Waals surface area contributed by atoms with Gasteiger partial charge in [-0.3, -0.25) is 4.79 Å². The van der Waals surface area contributed by atoms with Crippen molar-refractivity contribution in [1.29, 1.82) is 0 Å². The molecule has 0 aromatic heterocycles. The summed E-state index contributed by atoms with van der Waals surface area (Å²) in [6.07, 6.45) is 1.54. The highest BCUT2D eigenvalue weighted by atomic mass is 35.5. The fourth-order valence-electron chi connectivity index (χ4n) is 2.64. The molecule has 0 radical (unpaired) electrons. The third-order valence-electron chi connectivity index (χ3n) is 4.21. The molecule has 3 aromatic carbocycles. The molecule has 0 aliphatic carbocycles. The van der Waals surface area contributed by atoms with Crippen molar-refractivity contribution in [3.8, 4) is 17.2 Å². The van der Waals surface area contributed by atoms with E-state index < -0.39 is 0 Å². The van der Waals surface area contributed by atoms with Crippen LogP contribution < -0.4 is 19.6 Å². The summed E-state index contributed by atoms with van der Waals surface area (Å²) in [6, 6.07) is 19.8. The number of hydrazone groups is 1. The molecule has 0 aliphatic rings. The van der Waals surface area contributed by atoms with Crippen LogP contribution >= 0.6 is 11.6 Å². The van der Waals surface area contributed by atoms with E-state index in [9.17, 15) is 4.79 Å². The number of benzene rings is 3. The number of methoxy groups -OCH3 is 2. The Labute approximate surface area is 180 Å². The molecule has 154 valence electrons. The molecule has 0 saturated carbocycles. The molecule has 0 spiro atoms. The van der Waals surface area contributed by atoms with Crippen LogP contribution in [0.4, 0.5) is 0 Å². The summed E-state index contributed by atoms with van der Waals surface area (Å²) >= 11 is 5.89. The zero-order valence-electron chi connectivity index (χ0n) is 16.6. The van der Waals surface area contributed by atoms with Gasteiger partial charge in [0.15, 0.2) is 0 Å². The SMILES string of the molecule is COc1ccc(C(=O)NN=Cc2cccc(OCc3ccc(Cl)cc3)c2)c(OC)c1. The monoisotopic (exact) mass is 424 g/mol. The summed E-state index contributed by atoms with van der Waals surface area (Å²) < 4.78 is 16.2. The lowest BCUT2D eigenvalue weighted by atomic mass is 10.2. The Balaban J connectivity index is 1.60.